The quantitative estimate of drug-likeness (QED) is 0.650. The van der Waals surface area contributed by atoms with Crippen LogP contribution >= 0.6 is 0 Å². The molecule has 1 unspecified atom stereocenters. The molecule has 0 radical (unpaired) electrons. The summed E-state index contributed by atoms with van der Waals surface area (Å²) in [6.07, 6.45) is 1.58. The Bertz CT molecular complexity index is 241. The molecule has 5 heteroatoms. The van der Waals surface area contributed by atoms with Gasteiger partial charge in [0, 0.05) is 19.1 Å². The molecule has 0 fully saturated rings. The molecule has 0 bridgehead atoms. The lowest BCUT2D eigenvalue weighted by Crippen LogP contribution is -2.43. The number of rotatable bonds is 6. The van der Waals surface area contributed by atoms with Crippen molar-refractivity contribution in [1.82, 2.24) is 10.2 Å². The summed E-state index contributed by atoms with van der Waals surface area (Å²) in [5.74, 6) is -0.905. The number of carbonyl (C=O) groups excluding carboxylic acids is 1. The largest absolute Gasteiger partial charge is 0.481 e. The second-order valence-electron chi connectivity index (χ2n) is 3.20. The van der Waals surface area contributed by atoms with Gasteiger partial charge in [0.15, 0.2) is 0 Å². The van der Waals surface area contributed by atoms with E-state index in [4.69, 9.17) is 5.11 Å². The van der Waals surface area contributed by atoms with Gasteiger partial charge >= 0.3 is 12.0 Å². The Balaban J connectivity index is 4.09. The first-order valence-corrected chi connectivity index (χ1v) is 4.91. The minimum atomic E-state index is -0.905. The third-order valence-corrected chi connectivity index (χ3v) is 1.97. The lowest BCUT2D eigenvalue weighted by molar-refractivity contribution is -0.137. The zero-order valence-electron chi connectivity index (χ0n) is 9.19. The van der Waals surface area contributed by atoms with Crippen LogP contribution < -0.4 is 5.32 Å². The fourth-order valence-corrected chi connectivity index (χ4v) is 0.979. The maximum Gasteiger partial charge on any atom is 0.317 e. The number of hydrogen-bond acceptors (Lipinski definition) is 2. The molecule has 0 rings (SSSR count). The normalized spacial score (nSPS) is 11.6. The van der Waals surface area contributed by atoms with Crippen molar-refractivity contribution in [3.63, 3.8) is 0 Å². The van der Waals surface area contributed by atoms with Gasteiger partial charge in [-0.15, -0.1) is 6.58 Å². The number of urea groups is 1. The van der Waals surface area contributed by atoms with E-state index >= 15 is 0 Å². The van der Waals surface area contributed by atoms with Gasteiger partial charge in [0.05, 0.1) is 6.42 Å². The second-order valence-corrected chi connectivity index (χ2v) is 3.20. The summed E-state index contributed by atoms with van der Waals surface area (Å²) in [4.78, 5) is 23.3. The van der Waals surface area contributed by atoms with Crippen LogP contribution in [0.2, 0.25) is 0 Å². The molecule has 0 aliphatic heterocycles. The van der Waals surface area contributed by atoms with Gasteiger partial charge in [-0.25, -0.2) is 4.79 Å². The number of amides is 2. The third-order valence-electron chi connectivity index (χ3n) is 1.97. The van der Waals surface area contributed by atoms with Gasteiger partial charge in [0.1, 0.15) is 0 Å². The number of nitrogens with one attached hydrogen (secondary N) is 1. The Morgan fingerprint density at radius 1 is 1.60 bits per heavy atom. The Hall–Kier alpha value is -1.52. The van der Waals surface area contributed by atoms with Gasteiger partial charge in [0.2, 0.25) is 0 Å². The van der Waals surface area contributed by atoms with Crippen LogP contribution in [0, 0.1) is 0 Å². The second kappa shape index (κ2) is 6.86. The molecule has 1 atom stereocenters. The fraction of sp³-hybridized carbons (Fsp3) is 0.600. The van der Waals surface area contributed by atoms with E-state index < -0.39 is 5.97 Å². The number of carboxylic acids is 1. The van der Waals surface area contributed by atoms with Crippen LogP contribution in [0.25, 0.3) is 0 Å². The Morgan fingerprint density at radius 2 is 2.20 bits per heavy atom. The van der Waals surface area contributed by atoms with E-state index in [1.165, 1.54) is 4.90 Å². The molecule has 0 saturated carbocycles. The van der Waals surface area contributed by atoms with Crippen molar-refractivity contribution in [3.8, 4) is 0 Å². The Morgan fingerprint density at radius 3 is 2.60 bits per heavy atom. The van der Waals surface area contributed by atoms with Crippen LogP contribution in [0.3, 0.4) is 0 Å². The predicted octanol–water partition coefficient (Wildman–Crippen LogP) is 1.07. The highest BCUT2D eigenvalue weighted by Crippen LogP contribution is 1.94. The summed E-state index contributed by atoms with van der Waals surface area (Å²) < 4.78 is 0. The van der Waals surface area contributed by atoms with Gasteiger partial charge < -0.3 is 15.3 Å². The molecule has 0 aromatic rings. The maximum atomic E-state index is 11.5. The van der Waals surface area contributed by atoms with E-state index in [9.17, 15) is 9.59 Å². The summed E-state index contributed by atoms with van der Waals surface area (Å²) in [6.45, 7) is 7.87. The average molecular weight is 214 g/mol. The molecule has 0 saturated heterocycles. The van der Waals surface area contributed by atoms with Crippen LogP contribution in [0.15, 0.2) is 12.7 Å². The molecule has 0 aromatic heterocycles. The summed E-state index contributed by atoms with van der Waals surface area (Å²) in [7, 11) is 0. The highest BCUT2D eigenvalue weighted by Gasteiger charge is 2.13. The molecule has 5 nitrogen and oxygen atoms in total. The van der Waals surface area contributed by atoms with E-state index in [0.29, 0.717) is 6.54 Å². The first-order valence-electron chi connectivity index (χ1n) is 4.91. The van der Waals surface area contributed by atoms with Crippen molar-refractivity contribution >= 4 is 12.0 Å². The first kappa shape index (κ1) is 13.5. The molecule has 2 amide bonds. The highest BCUT2D eigenvalue weighted by atomic mass is 16.4. The van der Waals surface area contributed by atoms with Gasteiger partial charge in [-0.1, -0.05) is 6.08 Å². The SMILES string of the molecule is C=CC(C)NC(=O)N(CC)CCC(=O)O. The summed E-state index contributed by atoms with van der Waals surface area (Å²) in [5.41, 5.74) is 0. The number of nitrogens with zero attached hydrogens (tertiary/aromatic N) is 1. The van der Waals surface area contributed by atoms with Crippen molar-refractivity contribution in [2.24, 2.45) is 0 Å². The van der Waals surface area contributed by atoms with Crippen LogP contribution in [0.4, 0.5) is 4.79 Å². The van der Waals surface area contributed by atoms with Gasteiger partial charge in [0.25, 0.3) is 0 Å². The van der Waals surface area contributed by atoms with E-state index in [-0.39, 0.29) is 25.0 Å². The van der Waals surface area contributed by atoms with E-state index in [1.54, 1.807) is 19.9 Å². The van der Waals surface area contributed by atoms with Crippen LogP contribution in [-0.2, 0) is 4.79 Å². The lowest BCUT2D eigenvalue weighted by atomic mass is 10.3. The van der Waals surface area contributed by atoms with Crippen molar-refractivity contribution in [2.75, 3.05) is 13.1 Å². The Kier molecular flexibility index (Phi) is 6.17. The number of hydrogen-bond donors (Lipinski definition) is 2. The molecule has 2 N–H and O–H groups in total. The predicted molar refractivity (Wildman–Crippen MR) is 57.7 cm³/mol. The lowest BCUT2D eigenvalue weighted by Gasteiger charge is -2.22. The highest BCUT2D eigenvalue weighted by molar-refractivity contribution is 5.75. The molecular formula is C10H18N2O3. The van der Waals surface area contributed by atoms with Crippen LogP contribution in [-0.4, -0.2) is 41.1 Å². The summed E-state index contributed by atoms with van der Waals surface area (Å²) in [6, 6.07) is -0.373. The number of carboxylic acid groups (broad SMARTS) is 1. The van der Waals surface area contributed by atoms with E-state index in [0.717, 1.165) is 0 Å². The first-order chi connectivity index (χ1) is 7.01. The molecular weight excluding hydrogens is 196 g/mol. The van der Waals surface area contributed by atoms with Crippen LogP contribution in [0.5, 0.6) is 0 Å². The summed E-state index contributed by atoms with van der Waals surface area (Å²) >= 11 is 0. The molecule has 86 valence electrons. The van der Waals surface area contributed by atoms with Crippen molar-refractivity contribution in [3.05, 3.63) is 12.7 Å². The number of carbonyl (C=O) groups is 2. The van der Waals surface area contributed by atoms with Crippen molar-refractivity contribution in [2.45, 2.75) is 26.3 Å². The molecule has 0 heterocycles. The van der Waals surface area contributed by atoms with Crippen molar-refractivity contribution in [1.29, 1.82) is 0 Å². The maximum absolute atomic E-state index is 11.5. The zero-order valence-corrected chi connectivity index (χ0v) is 9.19. The van der Waals surface area contributed by atoms with Gasteiger partial charge in [-0.3, -0.25) is 4.79 Å². The van der Waals surface area contributed by atoms with Crippen LogP contribution in [0.1, 0.15) is 20.3 Å². The molecule has 0 spiro atoms. The Labute approximate surface area is 89.8 Å². The van der Waals surface area contributed by atoms with Gasteiger partial charge in [-0.05, 0) is 13.8 Å². The minimum absolute atomic E-state index is 0.0380. The van der Waals surface area contributed by atoms with E-state index in [1.807, 2.05) is 0 Å². The molecule has 0 aliphatic rings. The smallest absolute Gasteiger partial charge is 0.317 e. The molecule has 0 aliphatic carbocycles. The summed E-state index contributed by atoms with van der Waals surface area (Å²) in [5, 5.41) is 11.2. The minimum Gasteiger partial charge on any atom is -0.481 e. The van der Waals surface area contributed by atoms with E-state index in [2.05, 4.69) is 11.9 Å². The molecule has 15 heavy (non-hydrogen) atoms. The van der Waals surface area contributed by atoms with Gasteiger partial charge in [-0.2, -0.15) is 0 Å². The number of aliphatic carboxylic acids is 1. The molecule has 0 aromatic carbocycles. The zero-order chi connectivity index (χ0) is 11.8. The monoisotopic (exact) mass is 214 g/mol. The fourth-order valence-electron chi connectivity index (χ4n) is 0.979. The average Bonchev–Trinajstić information content (AvgIpc) is 2.18. The van der Waals surface area contributed by atoms with Crippen molar-refractivity contribution < 1.29 is 14.7 Å². The third kappa shape index (κ3) is 5.72. The standard InChI is InChI=1S/C10H18N2O3/c1-4-8(3)11-10(15)12(5-2)7-6-9(13)14/h4,8H,1,5-7H2,2-3H3,(H,11,15)(H,13,14). The topological polar surface area (TPSA) is 69.6 Å².